The lowest BCUT2D eigenvalue weighted by Crippen LogP contribution is -2.10. The van der Waals surface area contributed by atoms with Crippen molar-refractivity contribution in [1.82, 2.24) is 0 Å². The Labute approximate surface area is 294 Å². The van der Waals surface area contributed by atoms with E-state index in [1.807, 2.05) is 0 Å². The van der Waals surface area contributed by atoms with Gasteiger partial charge in [0.15, 0.2) is 0 Å². The van der Waals surface area contributed by atoms with Crippen LogP contribution in [0.3, 0.4) is 0 Å². The second kappa shape index (κ2) is 21.6. The maximum Gasteiger partial charge on any atom is 0.343 e. The van der Waals surface area contributed by atoms with Gasteiger partial charge in [0.25, 0.3) is 0 Å². The Balaban J connectivity index is 1.30. The number of carbonyl (C=O) groups is 4. The predicted octanol–water partition coefficient (Wildman–Crippen LogP) is 8.24. The maximum atomic E-state index is 12.6. The summed E-state index contributed by atoms with van der Waals surface area (Å²) in [7, 11) is 0. The van der Waals surface area contributed by atoms with Gasteiger partial charge in [0.2, 0.25) is 0 Å². The molecule has 50 heavy (non-hydrogen) atoms. The number of unbranched alkanes of at least 4 members (excludes halogenated alkanes) is 6. The van der Waals surface area contributed by atoms with Crippen LogP contribution in [0.5, 0.6) is 23.0 Å². The molecule has 0 spiro atoms. The summed E-state index contributed by atoms with van der Waals surface area (Å²) in [6.07, 6.45) is 7.04. The smallest absolute Gasteiger partial charge is 0.343 e. The molecular formula is C40H46O10. The SMILES string of the molecule is C=C(C)C(=O)OCCCCCCOc1ccc(OC(=O)c2ccc(OC(=O)c3ccc(OCCCCCCOC(=O)C(=C)C)cc3)cc2)cc1. The maximum absolute atomic E-state index is 12.6. The van der Waals surface area contributed by atoms with Gasteiger partial charge in [-0.1, -0.05) is 13.2 Å². The van der Waals surface area contributed by atoms with E-state index in [4.69, 9.17) is 28.4 Å². The van der Waals surface area contributed by atoms with E-state index >= 15 is 0 Å². The zero-order valence-corrected chi connectivity index (χ0v) is 28.9. The number of rotatable bonds is 22. The molecule has 0 aliphatic rings. The molecule has 0 aliphatic carbocycles. The molecule has 0 unspecified atom stereocenters. The summed E-state index contributed by atoms with van der Waals surface area (Å²) in [5.41, 5.74) is 1.46. The number of benzene rings is 3. The highest BCUT2D eigenvalue weighted by Gasteiger charge is 2.12. The minimum atomic E-state index is -0.551. The van der Waals surface area contributed by atoms with Gasteiger partial charge in [-0.15, -0.1) is 0 Å². The fourth-order valence-electron chi connectivity index (χ4n) is 4.35. The minimum absolute atomic E-state index is 0.286. The van der Waals surface area contributed by atoms with Crippen LogP contribution in [-0.2, 0) is 19.1 Å². The molecule has 0 fully saturated rings. The minimum Gasteiger partial charge on any atom is -0.494 e. The molecule has 0 atom stereocenters. The van der Waals surface area contributed by atoms with Gasteiger partial charge in [-0.3, -0.25) is 0 Å². The summed E-state index contributed by atoms with van der Waals surface area (Å²) in [6.45, 7) is 12.2. The number of esters is 4. The topological polar surface area (TPSA) is 124 Å². The predicted molar refractivity (Wildman–Crippen MR) is 189 cm³/mol. The van der Waals surface area contributed by atoms with Crippen LogP contribution in [0.2, 0.25) is 0 Å². The Morgan fingerprint density at radius 3 is 1.10 bits per heavy atom. The second-order valence-corrected chi connectivity index (χ2v) is 11.7. The molecule has 0 amide bonds. The number of carbonyl (C=O) groups excluding carboxylic acids is 4. The van der Waals surface area contributed by atoms with Gasteiger partial charge in [0.05, 0.1) is 37.6 Å². The van der Waals surface area contributed by atoms with E-state index in [0.717, 1.165) is 51.4 Å². The second-order valence-electron chi connectivity index (χ2n) is 11.7. The van der Waals surface area contributed by atoms with Crippen LogP contribution in [0.1, 0.15) is 85.9 Å². The van der Waals surface area contributed by atoms with Gasteiger partial charge >= 0.3 is 23.9 Å². The standard InChI is InChI=1S/C40H46O10/c1-29(2)37(41)47-27-11-7-5-9-25-45-33-17-13-31(14-18-33)39(43)49-35-19-15-32(16-20-35)40(44)50-36-23-21-34(22-24-36)46-26-10-6-8-12-28-48-38(42)30(3)4/h13-24H,1,3,5-12,25-28H2,2,4H3. The molecule has 0 saturated carbocycles. The fraction of sp³-hybridized carbons (Fsp3) is 0.350. The van der Waals surface area contributed by atoms with Crippen LogP contribution in [0.15, 0.2) is 97.1 Å². The lowest BCUT2D eigenvalue weighted by Gasteiger charge is -2.09. The summed E-state index contributed by atoms with van der Waals surface area (Å²) >= 11 is 0. The van der Waals surface area contributed by atoms with Crippen LogP contribution >= 0.6 is 0 Å². The van der Waals surface area contributed by atoms with E-state index < -0.39 is 11.9 Å². The van der Waals surface area contributed by atoms with Crippen molar-refractivity contribution in [2.45, 2.75) is 65.2 Å². The monoisotopic (exact) mass is 686 g/mol. The first-order valence-electron chi connectivity index (χ1n) is 16.8. The molecule has 3 rings (SSSR count). The molecule has 10 nitrogen and oxygen atoms in total. The zero-order chi connectivity index (χ0) is 36.1. The highest BCUT2D eigenvalue weighted by molar-refractivity contribution is 5.92. The summed E-state index contributed by atoms with van der Waals surface area (Å²) in [5.74, 6) is 0.156. The largest absolute Gasteiger partial charge is 0.494 e. The highest BCUT2D eigenvalue weighted by Crippen LogP contribution is 2.21. The van der Waals surface area contributed by atoms with Crippen molar-refractivity contribution in [3.63, 3.8) is 0 Å². The summed E-state index contributed by atoms with van der Waals surface area (Å²) in [5, 5.41) is 0. The summed E-state index contributed by atoms with van der Waals surface area (Å²) < 4.78 is 32.6. The van der Waals surface area contributed by atoms with Crippen LogP contribution in [0.25, 0.3) is 0 Å². The van der Waals surface area contributed by atoms with E-state index in [1.54, 1.807) is 62.4 Å². The van der Waals surface area contributed by atoms with Crippen LogP contribution in [0.4, 0.5) is 0 Å². The molecule has 0 heterocycles. The Hall–Kier alpha value is -5.38. The van der Waals surface area contributed by atoms with E-state index in [1.165, 1.54) is 24.3 Å². The van der Waals surface area contributed by atoms with Gasteiger partial charge in [-0.25, -0.2) is 19.2 Å². The molecule has 0 bridgehead atoms. The zero-order valence-electron chi connectivity index (χ0n) is 28.9. The molecule has 3 aromatic rings. The van der Waals surface area contributed by atoms with E-state index in [2.05, 4.69) is 13.2 Å². The molecular weight excluding hydrogens is 640 g/mol. The first kappa shape index (κ1) is 39.1. The van der Waals surface area contributed by atoms with Gasteiger partial charge in [-0.2, -0.15) is 0 Å². The summed E-state index contributed by atoms with van der Waals surface area (Å²) in [4.78, 5) is 48.0. The molecule has 0 aromatic heterocycles. The summed E-state index contributed by atoms with van der Waals surface area (Å²) in [6, 6.07) is 19.6. The Kier molecular flexibility index (Phi) is 16.8. The first-order chi connectivity index (χ1) is 24.1. The van der Waals surface area contributed by atoms with Crippen molar-refractivity contribution in [1.29, 1.82) is 0 Å². The Bertz CT molecular complexity index is 1560. The van der Waals surface area contributed by atoms with Crippen LogP contribution in [-0.4, -0.2) is 50.3 Å². The molecule has 0 saturated heterocycles. The van der Waals surface area contributed by atoms with Crippen molar-refractivity contribution in [3.8, 4) is 23.0 Å². The molecule has 0 aliphatic heterocycles. The third-order valence-corrected chi connectivity index (χ3v) is 7.20. The van der Waals surface area contributed by atoms with E-state index in [-0.39, 0.29) is 17.7 Å². The van der Waals surface area contributed by atoms with Gasteiger partial charge in [0.1, 0.15) is 23.0 Å². The van der Waals surface area contributed by atoms with E-state index in [9.17, 15) is 19.2 Å². The van der Waals surface area contributed by atoms with Crippen molar-refractivity contribution >= 4 is 23.9 Å². The lowest BCUT2D eigenvalue weighted by molar-refractivity contribution is -0.139. The Morgan fingerprint density at radius 2 is 0.740 bits per heavy atom. The van der Waals surface area contributed by atoms with Crippen LogP contribution < -0.4 is 18.9 Å². The molecule has 3 aromatic carbocycles. The average Bonchev–Trinajstić information content (AvgIpc) is 3.11. The molecule has 10 heteroatoms. The quantitative estimate of drug-likeness (QED) is 0.0442. The van der Waals surface area contributed by atoms with Crippen molar-refractivity contribution in [2.24, 2.45) is 0 Å². The third-order valence-electron chi connectivity index (χ3n) is 7.20. The van der Waals surface area contributed by atoms with E-state index in [0.29, 0.717) is 65.9 Å². The molecule has 0 N–H and O–H groups in total. The lowest BCUT2D eigenvalue weighted by atomic mass is 10.2. The van der Waals surface area contributed by atoms with Gasteiger partial charge in [0, 0.05) is 11.1 Å². The number of ether oxygens (including phenoxy) is 6. The molecule has 0 radical (unpaired) electrons. The fourth-order valence-corrected chi connectivity index (χ4v) is 4.35. The van der Waals surface area contributed by atoms with Crippen molar-refractivity contribution in [3.05, 3.63) is 108 Å². The average molecular weight is 687 g/mol. The first-order valence-corrected chi connectivity index (χ1v) is 16.8. The highest BCUT2D eigenvalue weighted by atomic mass is 16.5. The van der Waals surface area contributed by atoms with Crippen molar-refractivity contribution in [2.75, 3.05) is 26.4 Å². The number of hydrogen-bond donors (Lipinski definition) is 0. The van der Waals surface area contributed by atoms with Gasteiger partial charge < -0.3 is 28.4 Å². The third kappa shape index (κ3) is 14.8. The Morgan fingerprint density at radius 1 is 0.440 bits per heavy atom. The normalized spacial score (nSPS) is 10.4. The molecule has 266 valence electrons. The van der Waals surface area contributed by atoms with Crippen LogP contribution in [0, 0.1) is 0 Å². The van der Waals surface area contributed by atoms with Crippen molar-refractivity contribution < 1.29 is 47.6 Å². The van der Waals surface area contributed by atoms with Gasteiger partial charge in [-0.05, 0) is 138 Å². The number of hydrogen-bond acceptors (Lipinski definition) is 10.